The summed E-state index contributed by atoms with van der Waals surface area (Å²) in [6.07, 6.45) is 0.282. The third-order valence-electron chi connectivity index (χ3n) is 6.01. The summed E-state index contributed by atoms with van der Waals surface area (Å²) >= 11 is 0. The van der Waals surface area contributed by atoms with Gasteiger partial charge >= 0.3 is 0 Å². The van der Waals surface area contributed by atoms with Crippen LogP contribution in [0.15, 0.2) is 72.8 Å². The van der Waals surface area contributed by atoms with E-state index in [0.29, 0.717) is 0 Å². The zero-order chi connectivity index (χ0) is 21.1. The number of hydrogen-bond acceptors (Lipinski definition) is 4. The Bertz CT molecular complexity index is 972. The van der Waals surface area contributed by atoms with Crippen molar-refractivity contribution in [1.82, 2.24) is 4.90 Å². The van der Waals surface area contributed by atoms with Crippen molar-refractivity contribution in [2.75, 3.05) is 14.2 Å². The number of hydrogen-bond donors (Lipinski definition) is 1. The lowest BCUT2D eigenvalue weighted by Crippen LogP contribution is -2.49. The van der Waals surface area contributed by atoms with Gasteiger partial charge in [0.15, 0.2) is 11.5 Å². The van der Waals surface area contributed by atoms with Crippen molar-refractivity contribution in [3.05, 3.63) is 95.1 Å². The van der Waals surface area contributed by atoms with Crippen molar-refractivity contribution >= 4 is 0 Å². The quantitative estimate of drug-likeness (QED) is 0.653. The Morgan fingerprint density at radius 1 is 0.933 bits per heavy atom. The van der Waals surface area contributed by atoms with Crippen LogP contribution in [-0.4, -0.2) is 36.4 Å². The van der Waals surface area contributed by atoms with Gasteiger partial charge in [0.2, 0.25) is 0 Å². The predicted molar refractivity (Wildman–Crippen MR) is 119 cm³/mol. The Morgan fingerprint density at radius 2 is 1.53 bits per heavy atom. The molecule has 0 unspecified atom stereocenters. The van der Waals surface area contributed by atoms with Crippen LogP contribution in [0.4, 0.5) is 0 Å². The number of fused-ring (bicyclic) bond motifs is 1. The summed E-state index contributed by atoms with van der Waals surface area (Å²) in [6.45, 7) is 2.64. The summed E-state index contributed by atoms with van der Waals surface area (Å²) < 4.78 is 11.2. The highest BCUT2D eigenvalue weighted by Gasteiger charge is 2.38. The molecule has 0 saturated heterocycles. The smallest absolute Gasteiger partial charge is 0.161 e. The Morgan fingerprint density at radius 3 is 2.13 bits per heavy atom. The van der Waals surface area contributed by atoms with Crippen molar-refractivity contribution in [2.45, 2.75) is 38.1 Å². The molecule has 1 heterocycles. The lowest BCUT2D eigenvalue weighted by Gasteiger charge is -2.45. The second-order valence-corrected chi connectivity index (χ2v) is 7.89. The van der Waals surface area contributed by atoms with Gasteiger partial charge in [0.1, 0.15) is 0 Å². The average molecular weight is 404 g/mol. The minimum Gasteiger partial charge on any atom is -0.493 e. The molecule has 0 amide bonds. The maximum Gasteiger partial charge on any atom is 0.161 e. The first-order valence-electron chi connectivity index (χ1n) is 10.4. The molecule has 3 aromatic carbocycles. The second-order valence-electron chi connectivity index (χ2n) is 7.89. The molecule has 0 spiro atoms. The Labute approximate surface area is 178 Å². The number of benzene rings is 3. The maximum absolute atomic E-state index is 10.7. The van der Waals surface area contributed by atoms with E-state index in [-0.39, 0.29) is 12.1 Å². The van der Waals surface area contributed by atoms with Crippen LogP contribution >= 0.6 is 0 Å². The molecule has 3 atom stereocenters. The minimum absolute atomic E-state index is 0.00885. The third-order valence-corrected chi connectivity index (χ3v) is 6.01. The fourth-order valence-corrected chi connectivity index (χ4v) is 4.54. The van der Waals surface area contributed by atoms with Gasteiger partial charge in [-0.3, -0.25) is 4.90 Å². The Kier molecular flexibility index (Phi) is 6.07. The lowest BCUT2D eigenvalue weighted by molar-refractivity contribution is 0.0284. The SMILES string of the molecule is COc1cc2c(cc1OC)[C@@H](c1ccccc1)N(Cc1ccccc1)[C@H]([C@H](C)O)C2. The molecule has 4 rings (SSSR count). The third kappa shape index (κ3) is 3.93. The molecule has 4 heteroatoms. The summed E-state index contributed by atoms with van der Waals surface area (Å²) in [7, 11) is 3.33. The molecule has 0 aliphatic carbocycles. The van der Waals surface area contributed by atoms with Crippen LogP contribution in [-0.2, 0) is 13.0 Å². The van der Waals surface area contributed by atoms with E-state index in [1.807, 2.05) is 19.1 Å². The Balaban J connectivity index is 1.88. The van der Waals surface area contributed by atoms with E-state index >= 15 is 0 Å². The van der Waals surface area contributed by atoms with Crippen molar-refractivity contribution in [3.8, 4) is 11.5 Å². The van der Waals surface area contributed by atoms with Crippen LogP contribution in [0.3, 0.4) is 0 Å². The molecule has 0 radical (unpaired) electrons. The van der Waals surface area contributed by atoms with Crippen LogP contribution in [0, 0.1) is 0 Å². The summed E-state index contributed by atoms with van der Waals surface area (Å²) in [5.74, 6) is 1.45. The van der Waals surface area contributed by atoms with Gasteiger partial charge in [-0.2, -0.15) is 0 Å². The summed E-state index contributed by atoms with van der Waals surface area (Å²) in [5.41, 5.74) is 4.82. The number of aliphatic hydroxyl groups excluding tert-OH is 1. The van der Waals surface area contributed by atoms with E-state index in [1.54, 1.807) is 14.2 Å². The van der Waals surface area contributed by atoms with Crippen molar-refractivity contribution < 1.29 is 14.6 Å². The van der Waals surface area contributed by atoms with Crippen LogP contribution in [0.25, 0.3) is 0 Å². The Hall–Kier alpha value is -2.82. The van der Waals surface area contributed by atoms with Crippen molar-refractivity contribution in [3.63, 3.8) is 0 Å². The van der Waals surface area contributed by atoms with E-state index in [4.69, 9.17) is 9.47 Å². The summed E-state index contributed by atoms with van der Waals surface area (Å²) in [6, 6.07) is 25.1. The highest BCUT2D eigenvalue weighted by molar-refractivity contribution is 5.52. The monoisotopic (exact) mass is 403 g/mol. The number of nitrogens with zero attached hydrogens (tertiary/aromatic N) is 1. The number of ether oxygens (including phenoxy) is 2. The van der Waals surface area contributed by atoms with Gasteiger partial charge < -0.3 is 14.6 Å². The van der Waals surface area contributed by atoms with Crippen LogP contribution < -0.4 is 9.47 Å². The van der Waals surface area contributed by atoms with Gasteiger partial charge in [0.05, 0.1) is 26.4 Å². The molecule has 1 aliphatic heterocycles. The number of methoxy groups -OCH3 is 2. The first-order chi connectivity index (χ1) is 14.6. The molecule has 4 nitrogen and oxygen atoms in total. The molecule has 1 N–H and O–H groups in total. The predicted octanol–water partition coefficient (Wildman–Crippen LogP) is 4.60. The van der Waals surface area contributed by atoms with E-state index in [1.165, 1.54) is 22.3 Å². The van der Waals surface area contributed by atoms with Gasteiger partial charge in [0, 0.05) is 12.6 Å². The van der Waals surface area contributed by atoms with E-state index in [9.17, 15) is 5.11 Å². The topological polar surface area (TPSA) is 41.9 Å². The van der Waals surface area contributed by atoms with Gasteiger partial charge in [-0.05, 0) is 47.7 Å². The second kappa shape index (κ2) is 8.90. The van der Waals surface area contributed by atoms with Gasteiger partial charge in [-0.1, -0.05) is 60.7 Å². The maximum atomic E-state index is 10.7. The lowest BCUT2D eigenvalue weighted by atomic mass is 9.82. The molecule has 1 aliphatic rings. The van der Waals surface area contributed by atoms with Gasteiger partial charge in [0.25, 0.3) is 0 Å². The number of rotatable bonds is 6. The van der Waals surface area contributed by atoms with Gasteiger partial charge in [-0.25, -0.2) is 0 Å². The van der Waals surface area contributed by atoms with E-state index in [0.717, 1.165) is 24.5 Å². The van der Waals surface area contributed by atoms with Crippen LogP contribution in [0.2, 0.25) is 0 Å². The zero-order valence-electron chi connectivity index (χ0n) is 17.8. The zero-order valence-corrected chi connectivity index (χ0v) is 17.8. The van der Waals surface area contributed by atoms with E-state index < -0.39 is 6.10 Å². The fourth-order valence-electron chi connectivity index (χ4n) is 4.54. The average Bonchev–Trinajstić information content (AvgIpc) is 2.78. The molecular formula is C26H29NO3. The molecule has 3 aromatic rings. The molecule has 0 fully saturated rings. The first-order valence-corrected chi connectivity index (χ1v) is 10.4. The number of aliphatic hydroxyl groups is 1. The van der Waals surface area contributed by atoms with Crippen LogP contribution in [0.5, 0.6) is 11.5 Å². The summed E-state index contributed by atoms with van der Waals surface area (Å²) in [5, 5.41) is 10.7. The highest BCUT2D eigenvalue weighted by atomic mass is 16.5. The molecule has 156 valence electrons. The highest BCUT2D eigenvalue weighted by Crippen LogP contribution is 2.44. The minimum atomic E-state index is -0.471. The van der Waals surface area contributed by atoms with Crippen molar-refractivity contribution in [2.24, 2.45) is 0 Å². The molecule has 0 bridgehead atoms. The fraction of sp³-hybridized carbons (Fsp3) is 0.308. The van der Waals surface area contributed by atoms with E-state index in [2.05, 4.69) is 65.6 Å². The van der Waals surface area contributed by atoms with Crippen molar-refractivity contribution in [1.29, 1.82) is 0 Å². The summed E-state index contributed by atoms with van der Waals surface area (Å²) in [4.78, 5) is 2.42. The molecule has 0 aromatic heterocycles. The molecular weight excluding hydrogens is 374 g/mol. The standard InChI is InChI=1S/C26H29NO3/c1-18(28)23-14-21-15-24(29-2)25(30-3)16-22(21)26(20-12-8-5-9-13-20)27(23)17-19-10-6-4-7-11-19/h4-13,15-16,18,23,26,28H,14,17H2,1-3H3/t18-,23-,26+/m0/s1. The molecule has 0 saturated carbocycles. The first kappa shape index (κ1) is 20.5. The molecule has 30 heavy (non-hydrogen) atoms. The normalized spacial score (nSPS) is 19.7. The largest absolute Gasteiger partial charge is 0.493 e. The van der Waals surface area contributed by atoms with Gasteiger partial charge in [-0.15, -0.1) is 0 Å². The van der Waals surface area contributed by atoms with Crippen LogP contribution in [0.1, 0.15) is 35.2 Å².